The fourth-order valence-electron chi connectivity index (χ4n) is 2.16. The maximum atomic E-state index is 12.4. The number of Topliss-reactive ketones (excluding diaryl/α,β-unsaturated/α-hetero) is 1. The van der Waals surface area contributed by atoms with Gasteiger partial charge in [-0.2, -0.15) is 0 Å². The van der Waals surface area contributed by atoms with E-state index in [1.165, 1.54) is 0 Å². The Balaban J connectivity index is 2.64. The molecule has 4 nitrogen and oxygen atoms in total. The summed E-state index contributed by atoms with van der Waals surface area (Å²) in [6.07, 6.45) is 0. The number of likely N-dealkylation sites (N-methyl/N-ethyl adjacent to an activating group) is 1. The molecule has 0 saturated heterocycles. The summed E-state index contributed by atoms with van der Waals surface area (Å²) in [4.78, 5) is 16.8. The van der Waals surface area contributed by atoms with Gasteiger partial charge in [0.05, 0.1) is 13.7 Å². The van der Waals surface area contributed by atoms with Crippen LogP contribution in [0.15, 0.2) is 24.3 Å². The van der Waals surface area contributed by atoms with Crippen LogP contribution in [0.2, 0.25) is 0 Å². The molecule has 4 heteroatoms. The van der Waals surface area contributed by atoms with Crippen LogP contribution in [-0.2, 0) is 0 Å². The lowest BCUT2D eigenvalue weighted by molar-refractivity contribution is 0.0916. The number of carbonyl (C=O) groups excluding carboxylic acids is 1. The molecule has 0 N–H and O–H groups in total. The van der Waals surface area contributed by atoms with E-state index < -0.39 is 0 Å². The topological polar surface area (TPSA) is 32.8 Å². The number of hydrogen-bond acceptors (Lipinski definition) is 4. The molecule has 118 valence electrons. The van der Waals surface area contributed by atoms with Crippen molar-refractivity contribution in [1.82, 2.24) is 9.80 Å². The third-order valence-electron chi connectivity index (χ3n) is 3.27. The first-order valence-corrected chi connectivity index (χ1v) is 7.46. The highest BCUT2D eigenvalue weighted by molar-refractivity contribution is 5.97. The molecule has 1 aromatic rings. The number of rotatable bonds is 9. The van der Waals surface area contributed by atoms with Crippen molar-refractivity contribution >= 4 is 5.78 Å². The standard InChI is InChI=1S/C17H28N2O2/c1-14(2)12-19(11-10-18(3)4)13-17(20)15-6-8-16(21-5)9-7-15/h6-9,14H,10-13H2,1-5H3. The van der Waals surface area contributed by atoms with Gasteiger partial charge in [-0.15, -0.1) is 0 Å². The fraction of sp³-hybridized carbons (Fsp3) is 0.588. The number of methoxy groups -OCH3 is 1. The van der Waals surface area contributed by atoms with Gasteiger partial charge in [-0.3, -0.25) is 9.69 Å². The minimum absolute atomic E-state index is 0.164. The van der Waals surface area contributed by atoms with Crippen LogP contribution in [-0.4, -0.2) is 63.0 Å². The fourth-order valence-corrected chi connectivity index (χ4v) is 2.16. The molecule has 0 spiro atoms. The van der Waals surface area contributed by atoms with E-state index in [2.05, 4.69) is 37.7 Å². The van der Waals surface area contributed by atoms with E-state index in [9.17, 15) is 4.79 Å². The summed E-state index contributed by atoms with van der Waals surface area (Å²) in [5.74, 6) is 1.49. The van der Waals surface area contributed by atoms with Crippen LogP contribution in [0.5, 0.6) is 5.75 Å². The molecule has 0 aliphatic rings. The van der Waals surface area contributed by atoms with Gasteiger partial charge >= 0.3 is 0 Å². The van der Waals surface area contributed by atoms with Crippen molar-refractivity contribution in [3.05, 3.63) is 29.8 Å². The summed E-state index contributed by atoms with van der Waals surface area (Å²) in [6, 6.07) is 7.33. The molecule has 0 radical (unpaired) electrons. The number of ether oxygens (including phenoxy) is 1. The Morgan fingerprint density at radius 3 is 2.24 bits per heavy atom. The van der Waals surface area contributed by atoms with Gasteiger partial charge in [-0.25, -0.2) is 0 Å². The largest absolute Gasteiger partial charge is 0.497 e. The van der Waals surface area contributed by atoms with E-state index in [0.29, 0.717) is 12.5 Å². The average molecular weight is 292 g/mol. The van der Waals surface area contributed by atoms with Crippen LogP contribution in [0.25, 0.3) is 0 Å². The Morgan fingerprint density at radius 1 is 1.14 bits per heavy atom. The molecule has 0 bridgehead atoms. The molecule has 0 aliphatic heterocycles. The lowest BCUT2D eigenvalue weighted by atomic mass is 10.1. The maximum absolute atomic E-state index is 12.4. The molecule has 1 rings (SSSR count). The zero-order valence-electron chi connectivity index (χ0n) is 13.9. The molecule has 0 saturated carbocycles. The third kappa shape index (κ3) is 6.74. The summed E-state index contributed by atoms with van der Waals surface area (Å²) in [7, 11) is 5.74. The van der Waals surface area contributed by atoms with Gasteiger partial charge in [0.2, 0.25) is 0 Å². The molecule has 0 aliphatic carbocycles. The summed E-state index contributed by atoms with van der Waals surface area (Å²) in [6.45, 7) is 7.64. The highest BCUT2D eigenvalue weighted by Gasteiger charge is 2.14. The van der Waals surface area contributed by atoms with Crippen molar-refractivity contribution in [1.29, 1.82) is 0 Å². The van der Waals surface area contributed by atoms with Gasteiger partial charge in [0.15, 0.2) is 5.78 Å². The van der Waals surface area contributed by atoms with Crippen molar-refractivity contribution in [2.45, 2.75) is 13.8 Å². The number of nitrogens with zero attached hydrogens (tertiary/aromatic N) is 2. The zero-order chi connectivity index (χ0) is 15.8. The molecule has 0 amide bonds. The van der Waals surface area contributed by atoms with E-state index in [1.807, 2.05) is 24.3 Å². The normalized spacial score (nSPS) is 11.4. The van der Waals surface area contributed by atoms with Gasteiger partial charge in [0.25, 0.3) is 0 Å². The van der Waals surface area contributed by atoms with E-state index in [1.54, 1.807) is 7.11 Å². The predicted octanol–water partition coefficient (Wildman–Crippen LogP) is 2.40. The van der Waals surface area contributed by atoms with Crippen LogP contribution < -0.4 is 4.74 Å². The molecule has 0 unspecified atom stereocenters. The molecular formula is C17H28N2O2. The Morgan fingerprint density at radius 2 is 1.76 bits per heavy atom. The number of carbonyl (C=O) groups is 1. The van der Waals surface area contributed by atoms with E-state index in [4.69, 9.17) is 4.74 Å². The lowest BCUT2D eigenvalue weighted by Crippen LogP contribution is -2.37. The lowest BCUT2D eigenvalue weighted by Gasteiger charge is -2.25. The predicted molar refractivity (Wildman–Crippen MR) is 87.2 cm³/mol. The smallest absolute Gasteiger partial charge is 0.176 e. The van der Waals surface area contributed by atoms with Gasteiger partial charge in [0.1, 0.15) is 5.75 Å². The molecule has 0 heterocycles. The second-order valence-corrected chi connectivity index (χ2v) is 6.08. The van der Waals surface area contributed by atoms with Crippen molar-refractivity contribution in [2.24, 2.45) is 5.92 Å². The number of hydrogen-bond donors (Lipinski definition) is 0. The molecule has 21 heavy (non-hydrogen) atoms. The summed E-state index contributed by atoms with van der Waals surface area (Å²) in [5, 5.41) is 0. The molecule has 0 fully saturated rings. The van der Waals surface area contributed by atoms with Crippen LogP contribution in [0.3, 0.4) is 0 Å². The van der Waals surface area contributed by atoms with Crippen molar-refractivity contribution in [3.63, 3.8) is 0 Å². The first kappa shape index (κ1) is 17.7. The van der Waals surface area contributed by atoms with Crippen molar-refractivity contribution in [2.75, 3.05) is 47.4 Å². The Hall–Kier alpha value is -1.39. The van der Waals surface area contributed by atoms with Crippen LogP contribution >= 0.6 is 0 Å². The van der Waals surface area contributed by atoms with Crippen LogP contribution in [0.4, 0.5) is 0 Å². The van der Waals surface area contributed by atoms with Crippen LogP contribution in [0, 0.1) is 5.92 Å². The molecule has 0 aromatic heterocycles. The minimum atomic E-state index is 0.164. The van der Waals surface area contributed by atoms with Crippen molar-refractivity contribution in [3.8, 4) is 5.75 Å². The van der Waals surface area contributed by atoms with Crippen LogP contribution in [0.1, 0.15) is 24.2 Å². The summed E-state index contributed by atoms with van der Waals surface area (Å²) in [5.41, 5.74) is 0.745. The quantitative estimate of drug-likeness (QED) is 0.654. The zero-order valence-corrected chi connectivity index (χ0v) is 13.9. The first-order valence-electron chi connectivity index (χ1n) is 7.46. The Labute approximate surface area is 128 Å². The second kappa shape index (κ2) is 8.80. The number of benzene rings is 1. The van der Waals surface area contributed by atoms with E-state index in [-0.39, 0.29) is 5.78 Å². The Bertz CT molecular complexity index is 427. The molecular weight excluding hydrogens is 264 g/mol. The monoisotopic (exact) mass is 292 g/mol. The molecule has 0 atom stereocenters. The van der Waals surface area contributed by atoms with Gasteiger partial charge in [-0.1, -0.05) is 13.8 Å². The SMILES string of the molecule is COc1ccc(C(=O)CN(CCN(C)C)CC(C)C)cc1. The number of ketones is 1. The van der Waals surface area contributed by atoms with E-state index in [0.717, 1.165) is 30.9 Å². The highest BCUT2D eigenvalue weighted by Crippen LogP contribution is 2.12. The Kier molecular flexibility index (Phi) is 7.40. The third-order valence-corrected chi connectivity index (χ3v) is 3.27. The molecule has 1 aromatic carbocycles. The van der Waals surface area contributed by atoms with Gasteiger partial charge in [-0.05, 0) is 44.3 Å². The van der Waals surface area contributed by atoms with E-state index >= 15 is 0 Å². The van der Waals surface area contributed by atoms with Crippen molar-refractivity contribution < 1.29 is 9.53 Å². The maximum Gasteiger partial charge on any atom is 0.176 e. The second-order valence-electron chi connectivity index (χ2n) is 6.08. The average Bonchev–Trinajstić information content (AvgIpc) is 2.44. The highest BCUT2D eigenvalue weighted by atomic mass is 16.5. The first-order chi connectivity index (χ1) is 9.92. The summed E-state index contributed by atoms with van der Waals surface area (Å²) < 4.78 is 5.12. The van der Waals surface area contributed by atoms with Gasteiger partial charge < -0.3 is 9.64 Å². The van der Waals surface area contributed by atoms with Gasteiger partial charge in [0, 0.05) is 25.2 Å². The minimum Gasteiger partial charge on any atom is -0.497 e. The summed E-state index contributed by atoms with van der Waals surface area (Å²) >= 11 is 0.